The van der Waals surface area contributed by atoms with Gasteiger partial charge in [-0.15, -0.1) is 10.2 Å². The lowest BCUT2D eigenvalue weighted by Crippen LogP contribution is -2.24. The molecule has 0 saturated carbocycles. The molecule has 2 rings (SSSR count). The zero-order valence-corrected chi connectivity index (χ0v) is 9.55. The molecule has 86 valence electrons. The van der Waals surface area contributed by atoms with Crippen LogP contribution in [0.5, 0.6) is 0 Å². The van der Waals surface area contributed by atoms with E-state index < -0.39 is 0 Å². The Morgan fingerprint density at radius 3 is 2.82 bits per heavy atom. The fraction of sp³-hybridized carbons (Fsp3) is 0.0909. The highest BCUT2D eigenvalue weighted by Crippen LogP contribution is 2.02. The van der Waals surface area contributed by atoms with Gasteiger partial charge in [0.05, 0.1) is 0 Å². The molecule has 0 saturated heterocycles. The maximum atomic E-state index is 11.7. The van der Waals surface area contributed by atoms with Crippen molar-refractivity contribution in [2.45, 2.75) is 6.54 Å². The Balaban J connectivity index is 1.96. The number of nitrogens with zero attached hydrogens (tertiary/aromatic N) is 3. The topological polar surface area (TPSA) is 67.8 Å². The van der Waals surface area contributed by atoms with Gasteiger partial charge in [0.1, 0.15) is 0 Å². The van der Waals surface area contributed by atoms with Crippen LogP contribution in [-0.2, 0) is 6.54 Å². The molecule has 0 aromatic carbocycles. The summed E-state index contributed by atoms with van der Waals surface area (Å²) in [4.78, 5) is 15.6. The molecule has 0 aliphatic heterocycles. The van der Waals surface area contributed by atoms with Crippen LogP contribution in [0.4, 0.5) is 0 Å². The van der Waals surface area contributed by atoms with Crippen LogP contribution in [-0.4, -0.2) is 21.1 Å². The van der Waals surface area contributed by atoms with E-state index in [0.29, 0.717) is 6.54 Å². The third-order valence-corrected chi connectivity index (χ3v) is 2.24. The quantitative estimate of drug-likeness (QED) is 0.893. The highest BCUT2D eigenvalue weighted by Gasteiger charge is 2.07. The average molecular weight is 249 g/mol. The number of amides is 1. The molecule has 1 N–H and O–H groups in total. The van der Waals surface area contributed by atoms with Crippen LogP contribution < -0.4 is 5.32 Å². The monoisotopic (exact) mass is 248 g/mol. The van der Waals surface area contributed by atoms with E-state index in [0.717, 1.165) is 5.56 Å². The molecule has 0 fully saturated rings. The minimum Gasteiger partial charge on any atom is -0.347 e. The minimum absolute atomic E-state index is 0.235. The summed E-state index contributed by atoms with van der Waals surface area (Å²) in [5, 5.41) is 10.2. The summed E-state index contributed by atoms with van der Waals surface area (Å²) in [7, 11) is 0. The molecule has 0 atom stereocenters. The maximum Gasteiger partial charge on any atom is 0.272 e. The third-order valence-electron chi connectivity index (χ3n) is 2.04. The number of aromatic nitrogens is 3. The van der Waals surface area contributed by atoms with Crippen molar-refractivity contribution in [1.29, 1.82) is 0 Å². The Kier molecular flexibility index (Phi) is 3.62. The zero-order valence-electron chi connectivity index (χ0n) is 8.80. The van der Waals surface area contributed by atoms with Gasteiger partial charge in [-0.3, -0.25) is 9.78 Å². The summed E-state index contributed by atoms with van der Waals surface area (Å²) in [6, 6.07) is 6.73. The molecule has 2 aromatic rings. The van der Waals surface area contributed by atoms with Gasteiger partial charge in [0, 0.05) is 18.9 Å². The minimum atomic E-state index is -0.294. The first-order valence-electron chi connectivity index (χ1n) is 4.92. The predicted octanol–water partition coefficient (Wildman–Crippen LogP) is 1.45. The molecule has 5 nitrogen and oxygen atoms in total. The van der Waals surface area contributed by atoms with Crippen molar-refractivity contribution in [3.8, 4) is 0 Å². The Bertz CT molecular complexity index is 501. The Labute approximate surface area is 103 Å². The van der Waals surface area contributed by atoms with Gasteiger partial charge in [-0.1, -0.05) is 17.7 Å². The lowest BCUT2D eigenvalue weighted by atomic mass is 10.3. The number of rotatable bonds is 3. The standard InChI is InChI=1S/C11H9ClN4O/c12-10-4-3-9(15-16-10)11(17)14-7-8-2-1-5-13-6-8/h1-6H,7H2,(H,14,17). The molecule has 0 aliphatic rings. The number of hydrogen-bond acceptors (Lipinski definition) is 4. The van der Waals surface area contributed by atoms with Crippen molar-refractivity contribution in [2.24, 2.45) is 0 Å². The molecule has 2 heterocycles. The van der Waals surface area contributed by atoms with E-state index in [1.165, 1.54) is 12.1 Å². The smallest absolute Gasteiger partial charge is 0.272 e. The summed E-state index contributed by atoms with van der Waals surface area (Å²) in [6.07, 6.45) is 3.36. The molecule has 0 aliphatic carbocycles. The normalized spacial score (nSPS) is 9.94. The molecule has 0 unspecified atom stereocenters. The second kappa shape index (κ2) is 5.36. The number of pyridine rings is 1. The van der Waals surface area contributed by atoms with Crippen LogP contribution in [0.25, 0.3) is 0 Å². The second-order valence-electron chi connectivity index (χ2n) is 3.29. The summed E-state index contributed by atoms with van der Waals surface area (Å²) >= 11 is 5.58. The Morgan fingerprint density at radius 1 is 1.29 bits per heavy atom. The van der Waals surface area contributed by atoms with E-state index in [1.54, 1.807) is 12.4 Å². The van der Waals surface area contributed by atoms with E-state index in [1.807, 2.05) is 12.1 Å². The third kappa shape index (κ3) is 3.22. The van der Waals surface area contributed by atoms with Crippen molar-refractivity contribution in [3.05, 3.63) is 53.1 Å². The molecular formula is C11H9ClN4O. The SMILES string of the molecule is O=C(NCc1cccnc1)c1ccc(Cl)nn1. The second-order valence-corrected chi connectivity index (χ2v) is 3.67. The van der Waals surface area contributed by atoms with E-state index in [2.05, 4.69) is 20.5 Å². The first kappa shape index (κ1) is 11.5. The van der Waals surface area contributed by atoms with E-state index in [9.17, 15) is 4.79 Å². The van der Waals surface area contributed by atoms with Crippen molar-refractivity contribution >= 4 is 17.5 Å². The number of nitrogens with one attached hydrogen (secondary N) is 1. The molecule has 17 heavy (non-hydrogen) atoms. The van der Waals surface area contributed by atoms with Crippen molar-refractivity contribution in [1.82, 2.24) is 20.5 Å². The molecule has 0 spiro atoms. The van der Waals surface area contributed by atoms with E-state index in [-0.39, 0.29) is 16.8 Å². The maximum absolute atomic E-state index is 11.7. The van der Waals surface area contributed by atoms with Gasteiger partial charge in [-0.2, -0.15) is 0 Å². The highest BCUT2D eigenvalue weighted by atomic mass is 35.5. The number of carbonyl (C=O) groups is 1. The molecule has 6 heteroatoms. The van der Waals surface area contributed by atoms with Gasteiger partial charge in [0.25, 0.3) is 5.91 Å². The van der Waals surface area contributed by atoms with Crippen LogP contribution in [0.1, 0.15) is 16.1 Å². The molecule has 0 radical (unpaired) electrons. The van der Waals surface area contributed by atoms with Gasteiger partial charge < -0.3 is 5.32 Å². The molecular weight excluding hydrogens is 240 g/mol. The van der Waals surface area contributed by atoms with E-state index in [4.69, 9.17) is 11.6 Å². The van der Waals surface area contributed by atoms with Crippen LogP contribution in [0.3, 0.4) is 0 Å². The highest BCUT2D eigenvalue weighted by molar-refractivity contribution is 6.29. The number of carbonyl (C=O) groups excluding carboxylic acids is 1. The lowest BCUT2D eigenvalue weighted by molar-refractivity contribution is 0.0945. The summed E-state index contributed by atoms with van der Waals surface area (Å²) in [5.41, 5.74) is 1.15. The summed E-state index contributed by atoms with van der Waals surface area (Å²) < 4.78 is 0. The van der Waals surface area contributed by atoms with E-state index >= 15 is 0 Å². The number of hydrogen-bond donors (Lipinski definition) is 1. The number of halogens is 1. The molecule has 1 amide bonds. The van der Waals surface area contributed by atoms with Crippen LogP contribution >= 0.6 is 11.6 Å². The largest absolute Gasteiger partial charge is 0.347 e. The lowest BCUT2D eigenvalue weighted by Gasteiger charge is -2.03. The van der Waals surface area contributed by atoms with Gasteiger partial charge in [-0.25, -0.2) is 0 Å². The fourth-order valence-electron chi connectivity index (χ4n) is 1.21. The zero-order chi connectivity index (χ0) is 12.1. The summed E-state index contributed by atoms with van der Waals surface area (Å²) in [5.74, 6) is -0.294. The first-order valence-corrected chi connectivity index (χ1v) is 5.30. The van der Waals surface area contributed by atoms with Crippen LogP contribution in [0.2, 0.25) is 5.15 Å². The predicted molar refractivity (Wildman–Crippen MR) is 62.4 cm³/mol. The Morgan fingerprint density at radius 2 is 2.18 bits per heavy atom. The molecule has 0 bridgehead atoms. The first-order chi connectivity index (χ1) is 8.25. The fourth-order valence-corrected chi connectivity index (χ4v) is 1.31. The summed E-state index contributed by atoms with van der Waals surface area (Å²) in [6.45, 7) is 0.400. The Hall–Kier alpha value is -2.01. The van der Waals surface area contributed by atoms with Crippen molar-refractivity contribution < 1.29 is 4.79 Å². The van der Waals surface area contributed by atoms with Gasteiger partial charge in [-0.05, 0) is 23.8 Å². The van der Waals surface area contributed by atoms with Crippen molar-refractivity contribution in [3.63, 3.8) is 0 Å². The van der Waals surface area contributed by atoms with Gasteiger partial charge >= 0.3 is 0 Å². The van der Waals surface area contributed by atoms with Gasteiger partial charge in [0.15, 0.2) is 10.8 Å². The van der Waals surface area contributed by atoms with Crippen LogP contribution in [0.15, 0.2) is 36.7 Å². The average Bonchev–Trinajstić information content (AvgIpc) is 2.38. The molecule has 2 aromatic heterocycles. The van der Waals surface area contributed by atoms with Crippen LogP contribution in [0, 0.1) is 0 Å². The van der Waals surface area contributed by atoms with Gasteiger partial charge in [0.2, 0.25) is 0 Å². The van der Waals surface area contributed by atoms with Crippen molar-refractivity contribution in [2.75, 3.05) is 0 Å².